The van der Waals surface area contributed by atoms with Crippen LogP contribution in [0.3, 0.4) is 0 Å². The lowest BCUT2D eigenvalue weighted by Crippen LogP contribution is -2.56. The van der Waals surface area contributed by atoms with Crippen molar-refractivity contribution in [2.24, 2.45) is 70.0 Å². The van der Waals surface area contributed by atoms with Crippen LogP contribution in [0.15, 0.2) is 0 Å². The SMILES string of the molecule is CCC(C(C)C)C(C)CC(C)C1CCC2C3CCC4C(C)C(O)CCC4(C)C3CCC12C. The molecule has 0 amide bonds. The maximum atomic E-state index is 10.6. The van der Waals surface area contributed by atoms with Crippen molar-refractivity contribution in [1.82, 2.24) is 0 Å². The quantitative estimate of drug-likeness (QED) is 0.435. The summed E-state index contributed by atoms with van der Waals surface area (Å²) in [6.07, 6.45) is 13.8. The second-order valence-electron chi connectivity index (χ2n) is 14.3. The van der Waals surface area contributed by atoms with E-state index in [9.17, 15) is 5.11 Å². The fourth-order valence-electron chi connectivity index (χ4n) is 11.1. The summed E-state index contributed by atoms with van der Waals surface area (Å²) < 4.78 is 0. The summed E-state index contributed by atoms with van der Waals surface area (Å²) in [4.78, 5) is 0. The van der Waals surface area contributed by atoms with Gasteiger partial charge in [0.15, 0.2) is 0 Å². The molecule has 0 radical (unpaired) electrons. The highest BCUT2D eigenvalue weighted by molar-refractivity contribution is 5.10. The summed E-state index contributed by atoms with van der Waals surface area (Å²) in [6, 6.07) is 0. The number of fused-ring (bicyclic) bond motifs is 5. The van der Waals surface area contributed by atoms with E-state index in [2.05, 4.69) is 55.4 Å². The zero-order valence-electron chi connectivity index (χ0n) is 22.9. The number of rotatable bonds is 6. The van der Waals surface area contributed by atoms with Crippen molar-refractivity contribution in [3.05, 3.63) is 0 Å². The highest BCUT2D eigenvalue weighted by atomic mass is 16.3. The molecule has 0 aliphatic heterocycles. The fraction of sp³-hybridized carbons (Fsp3) is 1.00. The molecule has 0 heterocycles. The summed E-state index contributed by atoms with van der Waals surface area (Å²) in [7, 11) is 0. The van der Waals surface area contributed by atoms with E-state index in [1.165, 1.54) is 57.8 Å². The third kappa shape index (κ3) is 3.93. The molecule has 4 aliphatic carbocycles. The van der Waals surface area contributed by atoms with Gasteiger partial charge in [0.05, 0.1) is 6.10 Å². The Hall–Kier alpha value is -0.0400. The van der Waals surface area contributed by atoms with Gasteiger partial charge in [-0.1, -0.05) is 61.8 Å². The van der Waals surface area contributed by atoms with E-state index in [1.807, 2.05) is 0 Å². The van der Waals surface area contributed by atoms with Crippen LogP contribution in [0.2, 0.25) is 0 Å². The van der Waals surface area contributed by atoms with Crippen molar-refractivity contribution in [2.75, 3.05) is 0 Å². The van der Waals surface area contributed by atoms with Gasteiger partial charge in [0.2, 0.25) is 0 Å². The predicted octanol–water partition coefficient (Wildman–Crippen LogP) is 8.60. The van der Waals surface area contributed by atoms with Gasteiger partial charge in [-0.05, 0) is 128 Å². The number of hydrogen-bond acceptors (Lipinski definition) is 1. The maximum absolute atomic E-state index is 10.6. The molecule has 0 aromatic rings. The molecule has 32 heavy (non-hydrogen) atoms. The van der Waals surface area contributed by atoms with Crippen molar-refractivity contribution in [3.63, 3.8) is 0 Å². The highest BCUT2D eigenvalue weighted by Gasteiger charge is 2.61. The van der Waals surface area contributed by atoms with Crippen LogP contribution in [0.1, 0.15) is 120 Å². The molecule has 0 aromatic carbocycles. The normalized spacial score (nSPS) is 49.1. The Balaban J connectivity index is 1.48. The minimum absolute atomic E-state index is 0.0463. The van der Waals surface area contributed by atoms with E-state index in [1.54, 1.807) is 0 Å². The summed E-state index contributed by atoms with van der Waals surface area (Å²) in [5.74, 6) is 8.51. The first kappa shape index (κ1) is 25.1. The van der Waals surface area contributed by atoms with Gasteiger partial charge in [-0.2, -0.15) is 0 Å². The zero-order chi connectivity index (χ0) is 23.4. The number of hydrogen-bond donors (Lipinski definition) is 1. The molecule has 4 rings (SSSR count). The van der Waals surface area contributed by atoms with Gasteiger partial charge in [0.1, 0.15) is 0 Å². The summed E-state index contributed by atoms with van der Waals surface area (Å²) in [5.41, 5.74) is 1.08. The lowest BCUT2D eigenvalue weighted by molar-refractivity contribution is -0.149. The smallest absolute Gasteiger partial charge is 0.0568 e. The molecule has 4 aliphatic rings. The van der Waals surface area contributed by atoms with Crippen molar-refractivity contribution in [3.8, 4) is 0 Å². The van der Waals surface area contributed by atoms with E-state index < -0.39 is 0 Å². The summed E-state index contributed by atoms with van der Waals surface area (Å²) in [6.45, 7) is 20.2. The third-order valence-corrected chi connectivity index (χ3v) is 12.7. The van der Waals surface area contributed by atoms with Gasteiger partial charge in [-0.3, -0.25) is 0 Å². The Morgan fingerprint density at radius 2 is 1.44 bits per heavy atom. The van der Waals surface area contributed by atoms with E-state index in [0.717, 1.165) is 59.7 Å². The first-order valence-corrected chi connectivity index (χ1v) is 14.7. The lowest BCUT2D eigenvalue weighted by atomic mass is 9.43. The van der Waals surface area contributed by atoms with Crippen LogP contribution in [-0.2, 0) is 0 Å². The Morgan fingerprint density at radius 3 is 2.09 bits per heavy atom. The summed E-state index contributed by atoms with van der Waals surface area (Å²) >= 11 is 0. The monoisotopic (exact) mass is 444 g/mol. The van der Waals surface area contributed by atoms with Crippen molar-refractivity contribution >= 4 is 0 Å². The Bertz CT molecular complexity index is 640. The second kappa shape index (κ2) is 9.20. The fourth-order valence-corrected chi connectivity index (χ4v) is 11.1. The predicted molar refractivity (Wildman–Crippen MR) is 137 cm³/mol. The second-order valence-corrected chi connectivity index (χ2v) is 14.3. The Morgan fingerprint density at radius 1 is 0.812 bits per heavy atom. The van der Waals surface area contributed by atoms with E-state index in [-0.39, 0.29) is 6.10 Å². The van der Waals surface area contributed by atoms with Crippen LogP contribution in [0, 0.1) is 70.0 Å². The van der Waals surface area contributed by atoms with Gasteiger partial charge in [0.25, 0.3) is 0 Å². The summed E-state index contributed by atoms with van der Waals surface area (Å²) in [5, 5.41) is 10.6. The molecular weight excluding hydrogens is 388 g/mol. The first-order valence-electron chi connectivity index (χ1n) is 14.7. The van der Waals surface area contributed by atoms with E-state index in [0.29, 0.717) is 16.7 Å². The molecule has 0 spiro atoms. The zero-order valence-corrected chi connectivity index (χ0v) is 22.9. The van der Waals surface area contributed by atoms with Gasteiger partial charge in [-0.15, -0.1) is 0 Å². The number of aliphatic hydroxyl groups is 1. The first-order chi connectivity index (χ1) is 15.0. The van der Waals surface area contributed by atoms with Gasteiger partial charge >= 0.3 is 0 Å². The topological polar surface area (TPSA) is 20.2 Å². The van der Waals surface area contributed by atoms with Crippen LogP contribution >= 0.6 is 0 Å². The molecule has 1 N–H and O–H groups in total. The van der Waals surface area contributed by atoms with Gasteiger partial charge < -0.3 is 5.11 Å². The van der Waals surface area contributed by atoms with Crippen LogP contribution in [0.5, 0.6) is 0 Å². The number of aliphatic hydroxyl groups excluding tert-OH is 1. The standard InChI is InChI=1S/C31H56O/c1-9-23(19(2)3)20(4)18-21(5)25-12-13-27-24-10-11-26-22(6)29(32)15-17-31(26,8)28(24)14-16-30(25,27)7/h19-29,32H,9-18H2,1-8H3. The van der Waals surface area contributed by atoms with Crippen molar-refractivity contribution in [2.45, 2.75) is 126 Å². The molecule has 0 bridgehead atoms. The van der Waals surface area contributed by atoms with Gasteiger partial charge in [-0.25, -0.2) is 0 Å². The average molecular weight is 445 g/mol. The molecule has 12 atom stereocenters. The molecule has 0 aromatic heterocycles. The molecule has 4 saturated carbocycles. The van der Waals surface area contributed by atoms with E-state index >= 15 is 0 Å². The van der Waals surface area contributed by atoms with Gasteiger partial charge in [0, 0.05) is 0 Å². The minimum Gasteiger partial charge on any atom is -0.393 e. The lowest BCUT2D eigenvalue weighted by Gasteiger charge is -2.62. The maximum Gasteiger partial charge on any atom is 0.0568 e. The molecule has 4 fully saturated rings. The minimum atomic E-state index is -0.0463. The van der Waals surface area contributed by atoms with Crippen LogP contribution in [-0.4, -0.2) is 11.2 Å². The third-order valence-electron chi connectivity index (χ3n) is 12.7. The Kier molecular flexibility index (Phi) is 7.21. The highest BCUT2D eigenvalue weighted by Crippen LogP contribution is 2.69. The molecule has 0 saturated heterocycles. The molecule has 1 nitrogen and oxygen atoms in total. The molecule has 12 unspecified atom stereocenters. The van der Waals surface area contributed by atoms with Crippen LogP contribution < -0.4 is 0 Å². The average Bonchev–Trinajstić information content (AvgIpc) is 3.08. The van der Waals surface area contributed by atoms with Crippen molar-refractivity contribution in [1.29, 1.82) is 0 Å². The van der Waals surface area contributed by atoms with E-state index in [4.69, 9.17) is 0 Å². The largest absolute Gasteiger partial charge is 0.393 e. The van der Waals surface area contributed by atoms with Crippen LogP contribution in [0.4, 0.5) is 0 Å². The Labute approximate surface area is 200 Å². The van der Waals surface area contributed by atoms with Crippen molar-refractivity contribution < 1.29 is 5.11 Å². The molecule has 1 heteroatoms. The molecular formula is C31H56O. The van der Waals surface area contributed by atoms with Crippen LogP contribution in [0.25, 0.3) is 0 Å². The molecule has 186 valence electrons.